The van der Waals surface area contributed by atoms with Crippen molar-refractivity contribution >= 4 is 0 Å². The molecule has 6 heteroatoms. The fourth-order valence-corrected chi connectivity index (χ4v) is 4.30. The summed E-state index contributed by atoms with van der Waals surface area (Å²) < 4.78 is 24.8. The first-order chi connectivity index (χ1) is 17.2. The standard InChI is InChI=1S/C29H34O6/c30-17-16-25-27(31)29(34-20-24-14-8-3-9-15-24)28(33-19-23-12-6-2-7-13-23)26(35-25)21-32-18-22-10-4-1-5-11-22/h1-15,25-31H,16-21H2/t25-,26+,27+,28+,29+/m0/s1. The number of ether oxygens (including phenoxy) is 4. The Morgan fingerprint density at radius 1 is 0.629 bits per heavy atom. The van der Waals surface area contributed by atoms with Crippen LogP contribution in [0.15, 0.2) is 91.0 Å². The SMILES string of the molecule is OCC[C@@H]1O[C@H](COCc2ccccc2)[C@@H](OCc2ccccc2)[C@H](OCc2ccccc2)[C@@H]1O. The van der Waals surface area contributed by atoms with E-state index in [2.05, 4.69) is 0 Å². The van der Waals surface area contributed by atoms with Crippen molar-refractivity contribution in [3.8, 4) is 0 Å². The quantitative estimate of drug-likeness (QED) is 0.411. The Bertz CT molecular complexity index is 968. The zero-order chi connectivity index (χ0) is 24.3. The van der Waals surface area contributed by atoms with Gasteiger partial charge in [0.1, 0.15) is 24.4 Å². The molecule has 4 rings (SSSR count). The Morgan fingerprint density at radius 2 is 1.11 bits per heavy atom. The number of aliphatic hydroxyl groups is 2. The smallest absolute Gasteiger partial charge is 0.115 e. The summed E-state index contributed by atoms with van der Waals surface area (Å²) in [5, 5.41) is 20.7. The van der Waals surface area contributed by atoms with Crippen LogP contribution in [0.4, 0.5) is 0 Å². The first kappa shape index (κ1) is 25.5. The molecule has 1 aliphatic heterocycles. The maximum absolute atomic E-state index is 11.1. The van der Waals surface area contributed by atoms with Crippen LogP contribution < -0.4 is 0 Å². The molecule has 186 valence electrons. The van der Waals surface area contributed by atoms with E-state index in [1.807, 2.05) is 91.0 Å². The molecular weight excluding hydrogens is 444 g/mol. The Kier molecular flexibility index (Phi) is 9.84. The molecule has 1 heterocycles. The molecule has 6 nitrogen and oxygen atoms in total. The molecular formula is C29H34O6. The fourth-order valence-electron chi connectivity index (χ4n) is 4.30. The number of hydrogen-bond donors (Lipinski definition) is 2. The van der Waals surface area contributed by atoms with Crippen molar-refractivity contribution in [1.82, 2.24) is 0 Å². The van der Waals surface area contributed by atoms with Gasteiger partial charge in [-0.1, -0.05) is 91.0 Å². The predicted octanol–water partition coefficient (Wildman–Crippen LogP) is 3.88. The highest BCUT2D eigenvalue weighted by molar-refractivity contribution is 5.15. The summed E-state index contributed by atoms with van der Waals surface area (Å²) in [6.45, 7) is 1.30. The molecule has 0 bridgehead atoms. The van der Waals surface area contributed by atoms with E-state index in [0.29, 0.717) is 26.2 Å². The van der Waals surface area contributed by atoms with Crippen LogP contribution in [0.5, 0.6) is 0 Å². The summed E-state index contributed by atoms with van der Waals surface area (Å²) in [5.74, 6) is 0. The maximum atomic E-state index is 11.1. The van der Waals surface area contributed by atoms with Gasteiger partial charge < -0.3 is 29.2 Å². The lowest BCUT2D eigenvalue weighted by molar-refractivity contribution is -0.262. The fraction of sp³-hybridized carbons (Fsp3) is 0.379. The summed E-state index contributed by atoms with van der Waals surface area (Å²) in [5.41, 5.74) is 3.09. The lowest BCUT2D eigenvalue weighted by Crippen LogP contribution is -2.60. The van der Waals surface area contributed by atoms with E-state index in [1.54, 1.807) is 0 Å². The van der Waals surface area contributed by atoms with Crippen molar-refractivity contribution in [3.63, 3.8) is 0 Å². The summed E-state index contributed by atoms with van der Waals surface area (Å²) in [6.07, 6.45) is -2.90. The molecule has 0 saturated carbocycles. The molecule has 0 spiro atoms. The zero-order valence-electron chi connectivity index (χ0n) is 19.8. The molecule has 35 heavy (non-hydrogen) atoms. The van der Waals surface area contributed by atoms with Crippen molar-refractivity contribution in [1.29, 1.82) is 0 Å². The molecule has 3 aromatic carbocycles. The van der Waals surface area contributed by atoms with Crippen LogP contribution in [0.3, 0.4) is 0 Å². The van der Waals surface area contributed by atoms with Crippen LogP contribution >= 0.6 is 0 Å². The normalized spacial score (nSPS) is 24.3. The Labute approximate surface area is 207 Å². The minimum Gasteiger partial charge on any atom is -0.396 e. The predicted molar refractivity (Wildman–Crippen MR) is 133 cm³/mol. The van der Waals surface area contributed by atoms with Crippen LogP contribution in [-0.2, 0) is 38.8 Å². The number of benzene rings is 3. The number of hydrogen-bond acceptors (Lipinski definition) is 6. The molecule has 0 aliphatic carbocycles. The second kappa shape index (κ2) is 13.5. The third kappa shape index (κ3) is 7.45. The maximum Gasteiger partial charge on any atom is 0.115 e. The van der Waals surface area contributed by atoms with E-state index in [0.717, 1.165) is 16.7 Å². The number of aliphatic hydroxyl groups excluding tert-OH is 2. The van der Waals surface area contributed by atoms with Gasteiger partial charge in [-0.15, -0.1) is 0 Å². The molecule has 0 amide bonds. The van der Waals surface area contributed by atoms with Gasteiger partial charge >= 0.3 is 0 Å². The second-order valence-corrected chi connectivity index (χ2v) is 8.74. The Morgan fingerprint density at radius 3 is 1.63 bits per heavy atom. The summed E-state index contributed by atoms with van der Waals surface area (Å²) >= 11 is 0. The highest BCUT2D eigenvalue weighted by Gasteiger charge is 2.46. The first-order valence-corrected chi connectivity index (χ1v) is 12.1. The summed E-state index contributed by atoms with van der Waals surface area (Å²) in [7, 11) is 0. The molecule has 3 aromatic rings. The molecule has 5 atom stereocenters. The lowest BCUT2D eigenvalue weighted by Gasteiger charge is -2.44. The van der Waals surface area contributed by atoms with Gasteiger partial charge in [-0.05, 0) is 23.1 Å². The van der Waals surface area contributed by atoms with E-state index in [9.17, 15) is 10.2 Å². The molecule has 0 aromatic heterocycles. The molecule has 0 unspecified atom stereocenters. The van der Waals surface area contributed by atoms with E-state index in [1.165, 1.54) is 0 Å². The summed E-state index contributed by atoms with van der Waals surface area (Å²) in [4.78, 5) is 0. The van der Waals surface area contributed by atoms with E-state index in [4.69, 9.17) is 18.9 Å². The molecule has 0 radical (unpaired) electrons. The van der Waals surface area contributed by atoms with E-state index < -0.39 is 30.5 Å². The van der Waals surface area contributed by atoms with Crippen molar-refractivity contribution in [3.05, 3.63) is 108 Å². The van der Waals surface area contributed by atoms with Gasteiger partial charge in [-0.25, -0.2) is 0 Å². The zero-order valence-corrected chi connectivity index (χ0v) is 19.8. The average Bonchev–Trinajstić information content (AvgIpc) is 2.90. The van der Waals surface area contributed by atoms with Crippen molar-refractivity contribution < 1.29 is 29.2 Å². The van der Waals surface area contributed by atoms with Crippen LogP contribution in [0.25, 0.3) is 0 Å². The van der Waals surface area contributed by atoms with Gasteiger partial charge in [-0.2, -0.15) is 0 Å². The third-order valence-corrected chi connectivity index (χ3v) is 6.14. The molecule has 1 fully saturated rings. The largest absolute Gasteiger partial charge is 0.396 e. The third-order valence-electron chi connectivity index (χ3n) is 6.14. The Balaban J connectivity index is 1.50. The van der Waals surface area contributed by atoms with Crippen molar-refractivity contribution in [2.75, 3.05) is 13.2 Å². The first-order valence-electron chi connectivity index (χ1n) is 12.1. The highest BCUT2D eigenvalue weighted by atomic mass is 16.6. The monoisotopic (exact) mass is 478 g/mol. The van der Waals surface area contributed by atoms with Crippen LogP contribution in [0.2, 0.25) is 0 Å². The Hall–Kier alpha value is -2.58. The van der Waals surface area contributed by atoms with Gasteiger partial charge in [0.2, 0.25) is 0 Å². The lowest BCUT2D eigenvalue weighted by atomic mass is 9.93. The topological polar surface area (TPSA) is 77.4 Å². The van der Waals surface area contributed by atoms with Gasteiger partial charge in [-0.3, -0.25) is 0 Å². The molecule has 1 saturated heterocycles. The van der Waals surface area contributed by atoms with Crippen molar-refractivity contribution in [2.45, 2.75) is 56.8 Å². The number of rotatable bonds is 12. The summed E-state index contributed by atoms with van der Waals surface area (Å²) in [6, 6.07) is 29.6. The minimum absolute atomic E-state index is 0.0970. The highest BCUT2D eigenvalue weighted by Crippen LogP contribution is 2.29. The van der Waals surface area contributed by atoms with Gasteiger partial charge in [0.25, 0.3) is 0 Å². The molecule has 1 aliphatic rings. The second-order valence-electron chi connectivity index (χ2n) is 8.74. The van der Waals surface area contributed by atoms with Gasteiger partial charge in [0.15, 0.2) is 0 Å². The van der Waals surface area contributed by atoms with Crippen LogP contribution in [-0.4, -0.2) is 53.9 Å². The van der Waals surface area contributed by atoms with Crippen LogP contribution in [0, 0.1) is 0 Å². The minimum atomic E-state index is -0.947. The van der Waals surface area contributed by atoms with Crippen molar-refractivity contribution in [2.24, 2.45) is 0 Å². The average molecular weight is 479 g/mol. The van der Waals surface area contributed by atoms with Crippen LogP contribution in [0.1, 0.15) is 23.1 Å². The van der Waals surface area contributed by atoms with Gasteiger partial charge in [0.05, 0.1) is 32.5 Å². The van der Waals surface area contributed by atoms with Gasteiger partial charge in [0, 0.05) is 6.61 Å². The molecule has 2 N–H and O–H groups in total. The van der Waals surface area contributed by atoms with E-state index in [-0.39, 0.29) is 13.2 Å². The van der Waals surface area contributed by atoms with E-state index >= 15 is 0 Å².